The van der Waals surface area contributed by atoms with E-state index in [0.29, 0.717) is 32.5 Å². The van der Waals surface area contributed by atoms with Gasteiger partial charge in [0.1, 0.15) is 0 Å². The van der Waals surface area contributed by atoms with Crippen LogP contribution in [0.2, 0.25) is 0 Å². The number of amides is 1. The minimum absolute atomic E-state index is 0.00394. The van der Waals surface area contributed by atoms with E-state index >= 15 is 0 Å². The van der Waals surface area contributed by atoms with Crippen LogP contribution in [0.4, 0.5) is 0 Å². The molecule has 6 heteroatoms. The third kappa shape index (κ3) is 2.83. The normalized spacial score (nSPS) is 19.5. The minimum atomic E-state index is -0.813. The largest absolute Gasteiger partial charge is 0.481 e. The molecular formula is C11H15N3O3. The highest BCUT2D eigenvalue weighted by Crippen LogP contribution is 2.17. The number of hydrogen-bond donors (Lipinski definition) is 1. The number of nitrogens with zero attached hydrogens (tertiary/aromatic N) is 3. The second-order valence-corrected chi connectivity index (χ2v) is 4.18. The molecule has 0 spiro atoms. The van der Waals surface area contributed by atoms with Gasteiger partial charge in [-0.05, 0) is 12.5 Å². The second kappa shape index (κ2) is 4.99. The molecule has 0 unspecified atom stereocenters. The summed E-state index contributed by atoms with van der Waals surface area (Å²) in [7, 11) is 0. The Morgan fingerprint density at radius 1 is 1.47 bits per heavy atom. The van der Waals surface area contributed by atoms with Crippen LogP contribution >= 0.6 is 0 Å². The number of likely N-dealkylation sites (tertiary alicyclic amines) is 1. The van der Waals surface area contributed by atoms with E-state index in [9.17, 15) is 9.59 Å². The first kappa shape index (κ1) is 11.6. The van der Waals surface area contributed by atoms with Gasteiger partial charge in [-0.1, -0.05) is 0 Å². The summed E-state index contributed by atoms with van der Waals surface area (Å²) in [5.74, 6) is -1.21. The number of aliphatic carboxylic acids is 1. The van der Waals surface area contributed by atoms with Gasteiger partial charge in [0.05, 0.1) is 5.92 Å². The standard InChI is InChI=1S/C11H15N3O3/c15-10(3-7-14-5-1-4-12-14)13-6-2-9(8-13)11(16)17/h1,4-5,9H,2-3,6-8H2,(H,16,17)/t9-/m1/s1. The molecule has 0 radical (unpaired) electrons. The molecule has 1 aliphatic heterocycles. The molecule has 1 aromatic rings. The lowest BCUT2D eigenvalue weighted by molar-refractivity contribution is -0.141. The quantitative estimate of drug-likeness (QED) is 0.812. The number of hydrogen-bond acceptors (Lipinski definition) is 3. The monoisotopic (exact) mass is 237 g/mol. The SMILES string of the molecule is O=C(O)[C@@H]1CCN(C(=O)CCn2cccn2)C1. The zero-order chi connectivity index (χ0) is 12.3. The van der Waals surface area contributed by atoms with Gasteiger partial charge in [0.2, 0.25) is 5.91 Å². The lowest BCUT2D eigenvalue weighted by Gasteiger charge is -2.15. The molecule has 1 N–H and O–H groups in total. The van der Waals surface area contributed by atoms with Crippen LogP contribution in [-0.2, 0) is 16.1 Å². The summed E-state index contributed by atoms with van der Waals surface area (Å²) in [4.78, 5) is 24.2. The summed E-state index contributed by atoms with van der Waals surface area (Å²) < 4.78 is 1.70. The van der Waals surface area contributed by atoms with E-state index < -0.39 is 11.9 Å². The van der Waals surface area contributed by atoms with E-state index in [-0.39, 0.29) is 5.91 Å². The van der Waals surface area contributed by atoms with Crippen molar-refractivity contribution in [1.82, 2.24) is 14.7 Å². The number of carboxylic acid groups (broad SMARTS) is 1. The summed E-state index contributed by atoms with van der Waals surface area (Å²) in [5, 5.41) is 12.9. The molecule has 17 heavy (non-hydrogen) atoms. The Labute approximate surface area is 98.8 Å². The van der Waals surface area contributed by atoms with Crippen molar-refractivity contribution in [2.24, 2.45) is 5.92 Å². The third-order valence-electron chi connectivity index (χ3n) is 3.00. The molecule has 92 valence electrons. The maximum Gasteiger partial charge on any atom is 0.308 e. The van der Waals surface area contributed by atoms with Gasteiger partial charge < -0.3 is 10.0 Å². The third-order valence-corrected chi connectivity index (χ3v) is 3.00. The number of carbonyl (C=O) groups is 2. The fraction of sp³-hybridized carbons (Fsp3) is 0.545. The van der Waals surface area contributed by atoms with Gasteiger partial charge in [-0.2, -0.15) is 5.10 Å². The van der Waals surface area contributed by atoms with Crippen molar-refractivity contribution in [1.29, 1.82) is 0 Å². The van der Waals surface area contributed by atoms with E-state index in [0.717, 1.165) is 0 Å². The predicted octanol–water partition coefficient (Wildman–Crippen LogP) is 0.206. The molecule has 1 aromatic heterocycles. The van der Waals surface area contributed by atoms with Crippen molar-refractivity contribution in [3.05, 3.63) is 18.5 Å². The van der Waals surface area contributed by atoms with Crippen molar-refractivity contribution < 1.29 is 14.7 Å². The fourth-order valence-electron chi connectivity index (χ4n) is 1.99. The lowest BCUT2D eigenvalue weighted by Crippen LogP contribution is -2.30. The highest BCUT2D eigenvalue weighted by molar-refractivity contribution is 5.78. The highest BCUT2D eigenvalue weighted by Gasteiger charge is 2.30. The first-order chi connectivity index (χ1) is 8.16. The van der Waals surface area contributed by atoms with E-state index in [1.807, 2.05) is 0 Å². The first-order valence-electron chi connectivity index (χ1n) is 5.65. The number of rotatable bonds is 4. The van der Waals surface area contributed by atoms with Gasteiger partial charge in [0, 0.05) is 38.4 Å². The van der Waals surface area contributed by atoms with Crippen LogP contribution in [0.5, 0.6) is 0 Å². The van der Waals surface area contributed by atoms with Crippen LogP contribution in [0.1, 0.15) is 12.8 Å². The maximum absolute atomic E-state index is 11.8. The summed E-state index contributed by atoms with van der Waals surface area (Å²) in [6.45, 7) is 1.43. The lowest BCUT2D eigenvalue weighted by atomic mass is 10.1. The second-order valence-electron chi connectivity index (χ2n) is 4.18. The zero-order valence-electron chi connectivity index (χ0n) is 9.45. The molecule has 6 nitrogen and oxygen atoms in total. The fourth-order valence-corrected chi connectivity index (χ4v) is 1.99. The molecule has 0 aromatic carbocycles. The average molecular weight is 237 g/mol. The van der Waals surface area contributed by atoms with Crippen molar-refractivity contribution in [3.8, 4) is 0 Å². The molecule has 1 aliphatic rings. The molecule has 1 amide bonds. The van der Waals surface area contributed by atoms with Crippen LogP contribution in [0.15, 0.2) is 18.5 Å². The number of aryl methyl sites for hydroxylation is 1. The van der Waals surface area contributed by atoms with Gasteiger partial charge in [-0.15, -0.1) is 0 Å². The van der Waals surface area contributed by atoms with Gasteiger partial charge in [0.25, 0.3) is 0 Å². The van der Waals surface area contributed by atoms with Gasteiger partial charge in [-0.3, -0.25) is 14.3 Å². The number of carbonyl (C=O) groups excluding carboxylic acids is 1. The van der Waals surface area contributed by atoms with E-state index in [1.165, 1.54) is 0 Å². The topological polar surface area (TPSA) is 75.4 Å². The Bertz CT molecular complexity index is 402. The molecule has 1 fully saturated rings. The van der Waals surface area contributed by atoms with Crippen molar-refractivity contribution in [2.75, 3.05) is 13.1 Å². The van der Waals surface area contributed by atoms with Gasteiger partial charge in [0.15, 0.2) is 0 Å². The Hall–Kier alpha value is -1.85. The van der Waals surface area contributed by atoms with Crippen molar-refractivity contribution in [2.45, 2.75) is 19.4 Å². The molecule has 0 saturated carbocycles. The summed E-state index contributed by atoms with van der Waals surface area (Å²) in [6.07, 6.45) is 4.40. The Morgan fingerprint density at radius 3 is 2.88 bits per heavy atom. The average Bonchev–Trinajstić information content (AvgIpc) is 2.96. The summed E-state index contributed by atoms with van der Waals surface area (Å²) in [5.41, 5.74) is 0. The molecule has 1 saturated heterocycles. The molecule has 0 aliphatic carbocycles. The molecule has 2 rings (SSSR count). The van der Waals surface area contributed by atoms with Crippen LogP contribution in [0.25, 0.3) is 0 Å². The molecule has 1 atom stereocenters. The molecular weight excluding hydrogens is 222 g/mol. The predicted molar refractivity (Wildman–Crippen MR) is 59.2 cm³/mol. The molecule has 0 bridgehead atoms. The first-order valence-corrected chi connectivity index (χ1v) is 5.65. The van der Waals surface area contributed by atoms with Gasteiger partial charge in [-0.25, -0.2) is 0 Å². The van der Waals surface area contributed by atoms with E-state index in [2.05, 4.69) is 5.10 Å². The van der Waals surface area contributed by atoms with Crippen molar-refractivity contribution >= 4 is 11.9 Å². The number of aromatic nitrogens is 2. The van der Waals surface area contributed by atoms with Crippen LogP contribution in [0.3, 0.4) is 0 Å². The zero-order valence-corrected chi connectivity index (χ0v) is 9.45. The highest BCUT2D eigenvalue weighted by atomic mass is 16.4. The Morgan fingerprint density at radius 2 is 2.29 bits per heavy atom. The summed E-state index contributed by atoms with van der Waals surface area (Å²) >= 11 is 0. The minimum Gasteiger partial charge on any atom is -0.481 e. The summed E-state index contributed by atoms with van der Waals surface area (Å²) in [6, 6.07) is 1.81. The van der Waals surface area contributed by atoms with Crippen molar-refractivity contribution in [3.63, 3.8) is 0 Å². The van der Waals surface area contributed by atoms with Gasteiger partial charge >= 0.3 is 5.97 Å². The smallest absolute Gasteiger partial charge is 0.308 e. The van der Waals surface area contributed by atoms with E-state index in [4.69, 9.17) is 5.11 Å². The van der Waals surface area contributed by atoms with Crippen LogP contribution < -0.4 is 0 Å². The maximum atomic E-state index is 11.8. The van der Waals surface area contributed by atoms with Crippen LogP contribution in [-0.4, -0.2) is 44.8 Å². The number of carboxylic acids is 1. The Kier molecular flexibility index (Phi) is 3.41. The molecule has 2 heterocycles. The van der Waals surface area contributed by atoms with E-state index in [1.54, 1.807) is 28.0 Å². The van der Waals surface area contributed by atoms with Crippen LogP contribution in [0, 0.1) is 5.92 Å². The Balaban J connectivity index is 1.79.